The van der Waals surface area contributed by atoms with Gasteiger partial charge in [0.1, 0.15) is 0 Å². The van der Waals surface area contributed by atoms with Crippen molar-refractivity contribution in [2.45, 2.75) is 31.7 Å². The summed E-state index contributed by atoms with van der Waals surface area (Å²) in [6.45, 7) is 1.39. The lowest BCUT2D eigenvalue weighted by molar-refractivity contribution is 0.0842. The first-order chi connectivity index (χ1) is 12.7. The zero-order chi connectivity index (χ0) is 17.9. The van der Waals surface area contributed by atoms with Crippen LogP contribution in [0.5, 0.6) is 0 Å². The number of likely N-dealkylation sites (tertiary alicyclic amines) is 1. The Hall–Kier alpha value is -2.66. The molecule has 26 heavy (non-hydrogen) atoms. The molecule has 5 heteroatoms. The van der Waals surface area contributed by atoms with Crippen molar-refractivity contribution in [3.05, 3.63) is 70.1 Å². The van der Waals surface area contributed by atoms with Gasteiger partial charge in [0.2, 0.25) is 0 Å². The molecule has 0 bridgehead atoms. The van der Waals surface area contributed by atoms with Gasteiger partial charge in [0, 0.05) is 11.6 Å². The van der Waals surface area contributed by atoms with E-state index in [1.54, 1.807) is 18.2 Å². The van der Waals surface area contributed by atoms with E-state index in [2.05, 4.69) is 39.1 Å². The molecule has 0 aliphatic carbocycles. The molecule has 1 aliphatic heterocycles. The van der Waals surface area contributed by atoms with Gasteiger partial charge >= 0.3 is 5.69 Å². The number of nitrogens with one attached hydrogen (secondary N) is 2. The number of imidazole rings is 1. The van der Waals surface area contributed by atoms with Crippen molar-refractivity contribution in [2.75, 3.05) is 13.1 Å². The molecule has 0 radical (unpaired) electrons. The first kappa shape index (κ1) is 16.8. The molecular formula is C21H23N3O2. The molecule has 1 saturated heterocycles. The Bertz CT molecular complexity index is 958. The second kappa shape index (κ2) is 7.30. The zero-order valence-corrected chi connectivity index (χ0v) is 14.7. The van der Waals surface area contributed by atoms with Crippen molar-refractivity contribution < 1.29 is 4.79 Å². The fourth-order valence-corrected chi connectivity index (χ4v) is 3.87. The van der Waals surface area contributed by atoms with Crippen molar-refractivity contribution in [3.63, 3.8) is 0 Å². The molecule has 134 valence electrons. The van der Waals surface area contributed by atoms with Crippen LogP contribution in [0.1, 0.15) is 35.2 Å². The van der Waals surface area contributed by atoms with Gasteiger partial charge in [-0.15, -0.1) is 0 Å². The molecule has 3 aromatic rings. The fourth-order valence-electron chi connectivity index (χ4n) is 3.87. The molecule has 2 N–H and O–H groups in total. The van der Waals surface area contributed by atoms with E-state index in [9.17, 15) is 9.59 Å². The normalized spacial score (nSPS) is 18.2. The largest absolute Gasteiger partial charge is 0.323 e. The van der Waals surface area contributed by atoms with Crippen LogP contribution in [0.4, 0.5) is 0 Å². The van der Waals surface area contributed by atoms with Gasteiger partial charge in [0.25, 0.3) is 0 Å². The molecular weight excluding hydrogens is 326 g/mol. The van der Waals surface area contributed by atoms with Gasteiger partial charge in [0.15, 0.2) is 5.78 Å². The van der Waals surface area contributed by atoms with Crippen LogP contribution in [0.2, 0.25) is 0 Å². The van der Waals surface area contributed by atoms with Crippen LogP contribution >= 0.6 is 0 Å². The summed E-state index contributed by atoms with van der Waals surface area (Å²) in [6.07, 6.45) is 4.48. The second-order valence-electron chi connectivity index (χ2n) is 7.07. The van der Waals surface area contributed by atoms with Crippen LogP contribution in [0.15, 0.2) is 53.3 Å². The maximum absolute atomic E-state index is 12.8. The van der Waals surface area contributed by atoms with E-state index in [0.29, 0.717) is 23.7 Å². The third-order valence-electron chi connectivity index (χ3n) is 5.25. The highest BCUT2D eigenvalue weighted by Crippen LogP contribution is 2.21. The summed E-state index contributed by atoms with van der Waals surface area (Å²) in [7, 11) is 0. The second-order valence-corrected chi connectivity index (χ2v) is 7.07. The number of hydrogen-bond donors (Lipinski definition) is 2. The topological polar surface area (TPSA) is 69.0 Å². The molecule has 1 fully saturated rings. The summed E-state index contributed by atoms with van der Waals surface area (Å²) in [6, 6.07) is 16.3. The number of aromatic nitrogens is 2. The number of fused-ring (bicyclic) bond motifs is 1. The van der Waals surface area contributed by atoms with Gasteiger partial charge in [-0.25, -0.2) is 4.79 Å². The van der Waals surface area contributed by atoms with Crippen molar-refractivity contribution in [3.8, 4) is 0 Å². The summed E-state index contributed by atoms with van der Waals surface area (Å²) in [5.41, 5.74) is 3.13. The number of ketones is 1. The summed E-state index contributed by atoms with van der Waals surface area (Å²) in [5, 5.41) is 0. The Kier molecular flexibility index (Phi) is 4.71. The standard InChI is InChI=1S/C21H23N3O2/c25-20(16-9-10-18-19(13-16)23-21(26)22-18)14-24-11-5-4-8-17(24)12-15-6-2-1-3-7-15/h1-3,6-7,9-10,13,17H,4-5,8,11-12,14H2,(H2,22,23,26). The van der Waals surface area contributed by atoms with E-state index in [1.165, 1.54) is 12.0 Å². The Morgan fingerprint density at radius 2 is 1.85 bits per heavy atom. The number of Topliss-reactive ketones (excluding diaryl/α,β-unsaturated/α-hetero) is 1. The Morgan fingerprint density at radius 3 is 2.69 bits per heavy atom. The summed E-state index contributed by atoms with van der Waals surface area (Å²) >= 11 is 0. The molecule has 5 nitrogen and oxygen atoms in total. The van der Waals surface area contributed by atoms with E-state index >= 15 is 0 Å². The maximum atomic E-state index is 12.8. The number of carbonyl (C=O) groups is 1. The van der Waals surface area contributed by atoms with E-state index < -0.39 is 0 Å². The average molecular weight is 349 g/mol. The molecule has 4 rings (SSSR count). The van der Waals surface area contributed by atoms with E-state index in [-0.39, 0.29) is 11.5 Å². The van der Waals surface area contributed by atoms with Gasteiger partial charge in [0.05, 0.1) is 17.6 Å². The molecule has 2 aromatic carbocycles. The Morgan fingerprint density at radius 1 is 1.04 bits per heavy atom. The van der Waals surface area contributed by atoms with Crippen LogP contribution in [-0.4, -0.2) is 39.8 Å². The number of carbonyl (C=O) groups excluding carboxylic acids is 1. The minimum atomic E-state index is -0.247. The molecule has 1 unspecified atom stereocenters. The number of benzene rings is 2. The van der Waals surface area contributed by atoms with E-state index in [4.69, 9.17) is 0 Å². The lowest BCUT2D eigenvalue weighted by Crippen LogP contribution is -2.43. The molecule has 2 heterocycles. The SMILES string of the molecule is O=C(CN1CCCCC1Cc1ccccc1)c1ccc2[nH]c(=O)[nH]c2c1. The van der Waals surface area contributed by atoms with Crippen molar-refractivity contribution in [1.29, 1.82) is 0 Å². The number of aromatic amines is 2. The zero-order valence-electron chi connectivity index (χ0n) is 14.7. The van der Waals surface area contributed by atoms with Gasteiger partial charge in [-0.1, -0.05) is 36.8 Å². The highest BCUT2D eigenvalue weighted by molar-refractivity contribution is 6.00. The van der Waals surface area contributed by atoms with Crippen LogP contribution < -0.4 is 5.69 Å². The van der Waals surface area contributed by atoms with E-state index in [1.807, 2.05) is 6.07 Å². The quantitative estimate of drug-likeness (QED) is 0.695. The highest BCUT2D eigenvalue weighted by Gasteiger charge is 2.25. The highest BCUT2D eigenvalue weighted by atomic mass is 16.1. The molecule has 1 atom stereocenters. The van der Waals surface area contributed by atoms with Crippen LogP contribution in [0, 0.1) is 0 Å². The Balaban J connectivity index is 1.49. The number of rotatable bonds is 5. The van der Waals surface area contributed by atoms with E-state index in [0.717, 1.165) is 31.3 Å². The third-order valence-corrected chi connectivity index (χ3v) is 5.25. The molecule has 0 spiro atoms. The monoisotopic (exact) mass is 349 g/mol. The average Bonchev–Trinajstić information content (AvgIpc) is 3.03. The van der Waals surface area contributed by atoms with Gasteiger partial charge < -0.3 is 9.97 Å². The maximum Gasteiger partial charge on any atom is 0.323 e. The van der Waals surface area contributed by atoms with Crippen molar-refractivity contribution in [2.24, 2.45) is 0 Å². The number of piperidine rings is 1. The smallest absolute Gasteiger partial charge is 0.306 e. The molecule has 0 amide bonds. The number of hydrogen-bond acceptors (Lipinski definition) is 3. The Labute approximate surface area is 152 Å². The molecule has 1 aromatic heterocycles. The summed E-state index contributed by atoms with van der Waals surface area (Å²) in [4.78, 5) is 32.0. The summed E-state index contributed by atoms with van der Waals surface area (Å²) in [5.74, 6) is 0.105. The number of H-pyrrole nitrogens is 2. The molecule has 1 aliphatic rings. The first-order valence-corrected chi connectivity index (χ1v) is 9.22. The predicted molar refractivity (Wildman–Crippen MR) is 103 cm³/mol. The third kappa shape index (κ3) is 3.63. The first-order valence-electron chi connectivity index (χ1n) is 9.22. The minimum absolute atomic E-state index is 0.105. The molecule has 0 saturated carbocycles. The summed E-state index contributed by atoms with van der Waals surface area (Å²) < 4.78 is 0. The van der Waals surface area contributed by atoms with Crippen LogP contribution in [-0.2, 0) is 6.42 Å². The van der Waals surface area contributed by atoms with Gasteiger partial charge in [-0.2, -0.15) is 0 Å². The van der Waals surface area contributed by atoms with Crippen molar-refractivity contribution in [1.82, 2.24) is 14.9 Å². The van der Waals surface area contributed by atoms with Gasteiger partial charge in [-0.3, -0.25) is 9.69 Å². The van der Waals surface area contributed by atoms with Crippen LogP contribution in [0.25, 0.3) is 11.0 Å². The lowest BCUT2D eigenvalue weighted by Gasteiger charge is -2.35. The predicted octanol–water partition coefficient (Wildman–Crippen LogP) is 3.14. The van der Waals surface area contributed by atoms with Crippen LogP contribution in [0.3, 0.4) is 0 Å². The van der Waals surface area contributed by atoms with Crippen molar-refractivity contribution >= 4 is 16.8 Å². The lowest BCUT2D eigenvalue weighted by atomic mass is 9.95. The fraction of sp³-hybridized carbons (Fsp3) is 0.333. The minimum Gasteiger partial charge on any atom is -0.306 e. The number of nitrogens with zero attached hydrogens (tertiary/aromatic N) is 1. The van der Waals surface area contributed by atoms with Gasteiger partial charge in [-0.05, 0) is 49.6 Å².